The quantitative estimate of drug-likeness (QED) is 0.776. The maximum absolute atomic E-state index is 13.8. The van der Waals surface area contributed by atoms with Crippen molar-refractivity contribution in [3.63, 3.8) is 0 Å². The number of hydrogen-bond donors (Lipinski definition) is 1. The Morgan fingerprint density at radius 3 is 1.30 bits per heavy atom. The topological polar surface area (TPSA) is 20.2 Å². The predicted molar refractivity (Wildman–Crippen MR) is 76.7 cm³/mol. The first-order valence-electron chi connectivity index (χ1n) is 5.56. The minimum Gasteiger partial charge on any atom is -0.373 e. The second-order valence-corrected chi connectivity index (χ2v) is 5.57. The van der Waals surface area contributed by atoms with E-state index in [4.69, 9.17) is 34.8 Å². The van der Waals surface area contributed by atoms with Crippen molar-refractivity contribution < 1.29 is 13.9 Å². The van der Waals surface area contributed by atoms with E-state index in [0.717, 1.165) is 0 Å². The summed E-state index contributed by atoms with van der Waals surface area (Å²) in [5, 5.41) is 7.33. The maximum Gasteiger partial charge on any atom is 0.358 e. The monoisotopic (exact) mass is 336 g/mol. The standard InChI is InChI=1S/C14H9Cl3F2O/c15-11-5-1-9(2-6-11)13(20,14(17,18)19)10-3-7-12(16)8-4-10/h1-8,20H. The first-order valence-corrected chi connectivity index (χ1v) is 6.70. The summed E-state index contributed by atoms with van der Waals surface area (Å²) >= 11 is 16.6. The Hall–Kier alpha value is -0.870. The van der Waals surface area contributed by atoms with E-state index in [0.29, 0.717) is 10.0 Å². The Balaban J connectivity index is 2.62. The first kappa shape index (κ1) is 15.5. The Morgan fingerprint density at radius 2 is 1.05 bits per heavy atom. The molecule has 20 heavy (non-hydrogen) atoms. The van der Waals surface area contributed by atoms with Crippen LogP contribution in [-0.4, -0.2) is 10.5 Å². The van der Waals surface area contributed by atoms with Crippen LogP contribution in [-0.2, 0) is 5.60 Å². The van der Waals surface area contributed by atoms with Gasteiger partial charge in [0.25, 0.3) is 0 Å². The molecule has 2 aromatic carbocycles. The molecular weight excluding hydrogens is 329 g/mol. The normalized spacial score (nSPS) is 12.5. The van der Waals surface area contributed by atoms with E-state index in [1.807, 2.05) is 0 Å². The van der Waals surface area contributed by atoms with Crippen molar-refractivity contribution in [2.45, 2.75) is 11.0 Å². The average Bonchev–Trinajstić information content (AvgIpc) is 2.38. The summed E-state index contributed by atoms with van der Waals surface area (Å²) in [5.74, 6) is 0. The zero-order valence-corrected chi connectivity index (χ0v) is 12.2. The Morgan fingerprint density at radius 1 is 0.750 bits per heavy atom. The number of alkyl halides is 3. The molecule has 0 bridgehead atoms. The van der Waals surface area contributed by atoms with Crippen LogP contribution in [0.2, 0.25) is 10.0 Å². The van der Waals surface area contributed by atoms with Gasteiger partial charge in [-0.25, -0.2) is 0 Å². The summed E-state index contributed by atoms with van der Waals surface area (Å²) in [4.78, 5) is 0. The Bertz CT molecular complexity index is 546. The zero-order chi connectivity index (χ0) is 15.0. The van der Waals surface area contributed by atoms with Crippen LogP contribution in [0.15, 0.2) is 48.5 Å². The lowest BCUT2D eigenvalue weighted by Gasteiger charge is -2.33. The fraction of sp³-hybridized carbons (Fsp3) is 0.143. The van der Waals surface area contributed by atoms with Crippen LogP contribution in [0.3, 0.4) is 0 Å². The highest BCUT2D eigenvalue weighted by Gasteiger charge is 2.54. The molecule has 2 aromatic rings. The summed E-state index contributed by atoms with van der Waals surface area (Å²) in [6, 6.07) is 10.8. The molecule has 0 amide bonds. The van der Waals surface area contributed by atoms with Crippen molar-refractivity contribution in [1.29, 1.82) is 0 Å². The molecule has 6 heteroatoms. The van der Waals surface area contributed by atoms with Crippen LogP contribution in [0.4, 0.5) is 8.78 Å². The molecular formula is C14H9Cl3F2O. The van der Waals surface area contributed by atoms with Gasteiger partial charge in [-0.15, -0.1) is 0 Å². The van der Waals surface area contributed by atoms with Gasteiger partial charge in [0, 0.05) is 10.0 Å². The van der Waals surface area contributed by atoms with E-state index in [9.17, 15) is 13.9 Å². The number of rotatable bonds is 3. The second kappa shape index (κ2) is 5.49. The van der Waals surface area contributed by atoms with Crippen molar-refractivity contribution in [3.05, 3.63) is 69.7 Å². The van der Waals surface area contributed by atoms with E-state index in [2.05, 4.69) is 0 Å². The molecule has 0 atom stereocenters. The fourth-order valence-corrected chi connectivity index (χ4v) is 2.35. The average molecular weight is 338 g/mol. The molecule has 2 rings (SSSR count). The molecule has 0 aliphatic heterocycles. The molecule has 106 valence electrons. The van der Waals surface area contributed by atoms with Crippen molar-refractivity contribution in [1.82, 2.24) is 0 Å². The molecule has 0 aliphatic rings. The number of halogens is 5. The van der Waals surface area contributed by atoms with Gasteiger partial charge in [-0.05, 0) is 47.0 Å². The maximum atomic E-state index is 13.8. The van der Waals surface area contributed by atoms with Gasteiger partial charge in [0.2, 0.25) is 0 Å². The molecule has 0 radical (unpaired) electrons. The number of benzene rings is 2. The van der Waals surface area contributed by atoms with Crippen LogP contribution < -0.4 is 0 Å². The van der Waals surface area contributed by atoms with Crippen LogP contribution in [0.5, 0.6) is 0 Å². The highest BCUT2D eigenvalue weighted by molar-refractivity contribution is 6.30. The van der Waals surface area contributed by atoms with Gasteiger partial charge in [-0.2, -0.15) is 8.78 Å². The van der Waals surface area contributed by atoms with Crippen LogP contribution in [0.25, 0.3) is 0 Å². The van der Waals surface area contributed by atoms with Crippen LogP contribution in [0, 0.1) is 0 Å². The van der Waals surface area contributed by atoms with Gasteiger partial charge in [-0.3, -0.25) is 0 Å². The summed E-state index contributed by atoms with van der Waals surface area (Å²) in [7, 11) is 0. The predicted octanol–water partition coefficient (Wildman–Crippen LogP) is 5.06. The molecule has 0 unspecified atom stereocenters. The Kier molecular flexibility index (Phi) is 4.26. The molecule has 0 spiro atoms. The summed E-state index contributed by atoms with van der Waals surface area (Å²) < 4.78 is 27.6. The fourth-order valence-electron chi connectivity index (χ4n) is 1.88. The molecule has 0 fully saturated rings. The van der Waals surface area contributed by atoms with Gasteiger partial charge < -0.3 is 5.11 Å². The van der Waals surface area contributed by atoms with E-state index in [1.165, 1.54) is 48.5 Å². The van der Waals surface area contributed by atoms with E-state index in [-0.39, 0.29) is 11.1 Å². The van der Waals surface area contributed by atoms with Gasteiger partial charge in [-0.1, -0.05) is 47.5 Å². The largest absolute Gasteiger partial charge is 0.373 e. The third-order valence-corrected chi connectivity index (χ3v) is 3.71. The minimum absolute atomic E-state index is 0.0655. The smallest absolute Gasteiger partial charge is 0.358 e. The molecule has 1 N–H and O–H groups in total. The van der Waals surface area contributed by atoms with Crippen molar-refractivity contribution in [2.24, 2.45) is 0 Å². The highest BCUT2D eigenvalue weighted by Crippen LogP contribution is 2.46. The Labute approximate surface area is 129 Å². The molecule has 0 aromatic heterocycles. The molecule has 0 saturated carbocycles. The van der Waals surface area contributed by atoms with Gasteiger partial charge >= 0.3 is 5.38 Å². The molecule has 0 saturated heterocycles. The number of hydrogen-bond acceptors (Lipinski definition) is 1. The zero-order valence-electron chi connectivity index (χ0n) is 9.96. The molecule has 0 heterocycles. The number of aliphatic hydroxyl groups is 1. The van der Waals surface area contributed by atoms with E-state index < -0.39 is 11.0 Å². The van der Waals surface area contributed by atoms with Crippen molar-refractivity contribution in [2.75, 3.05) is 0 Å². The van der Waals surface area contributed by atoms with Gasteiger partial charge in [0.1, 0.15) is 0 Å². The van der Waals surface area contributed by atoms with Crippen molar-refractivity contribution in [3.8, 4) is 0 Å². The lowest BCUT2D eigenvalue weighted by Crippen LogP contribution is -2.42. The third kappa shape index (κ3) is 2.77. The SMILES string of the molecule is OC(c1ccc(Cl)cc1)(c1ccc(Cl)cc1)C(F)(F)Cl. The minimum atomic E-state index is -3.91. The van der Waals surface area contributed by atoms with Crippen LogP contribution >= 0.6 is 34.8 Å². The van der Waals surface area contributed by atoms with E-state index in [1.54, 1.807) is 0 Å². The molecule has 1 nitrogen and oxygen atoms in total. The lowest BCUT2D eigenvalue weighted by atomic mass is 9.86. The van der Waals surface area contributed by atoms with Gasteiger partial charge in [0.15, 0.2) is 5.60 Å². The van der Waals surface area contributed by atoms with Gasteiger partial charge in [0.05, 0.1) is 0 Å². The third-order valence-electron chi connectivity index (χ3n) is 2.93. The summed E-state index contributed by atoms with van der Waals surface area (Å²) in [5.41, 5.74) is -2.81. The van der Waals surface area contributed by atoms with Crippen LogP contribution in [0.1, 0.15) is 11.1 Å². The highest BCUT2D eigenvalue weighted by atomic mass is 35.5. The van der Waals surface area contributed by atoms with Crippen molar-refractivity contribution >= 4 is 34.8 Å². The first-order chi connectivity index (χ1) is 9.25. The summed E-state index contributed by atoms with van der Waals surface area (Å²) in [6.07, 6.45) is 0. The lowest BCUT2D eigenvalue weighted by molar-refractivity contribution is -0.104. The molecule has 0 aliphatic carbocycles. The second-order valence-electron chi connectivity index (χ2n) is 4.22. The van der Waals surface area contributed by atoms with E-state index >= 15 is 0 Å². The summed E-state index contributed by atoms with van der Waals surface area (Å²) in [6.45, 7) is 0.